The monoisotopic (exact) mass is 422 g/mol. The third kappa shape index (κ3) is 5.04. The molecule has 1 unspecified atom stereocenters. The number of halogens is 1. The summed E-state index contributed by atoms with van der Waals surface area (Å²) < 4.78 is 33.3. The van der Waals surface area contributed by atoms with Gasteiger partial charge >= 0.3 is 0 Å². The van der Waals surface area contributed by atoms with Crippen LogP contribution in [0.1, 0.15) is 26.3 Å². The maximum Gasteiger partial charge on any atom is 0.241 e. The Balaban J connectivity index is 1.73. The van der Waals surface area contributed by atoms with Crippen molar-refractivity contribution in [2.75, 3.05) is 11.9 Å². The van der Waals surface area contributed by atoms with Crippen LogP contribution in [0, 0.1) is 5.92 Å². The molecular weight excluding hydrogens is 400 g/mol. The van der Waals surface area contributed by atoms with Crippen molar-refractivity contribution in [2.45, 2.75) is 37.6 Å². The summed E-state index contributed by atoms with van der Waals surface area (Å²) in [5, 5.41) is 3.38. The Bertz CT molecular complexity index is 1000. The van der Waals surface area contributed by atoms with Gasteiger partial charge in [0, 0.05) is 16.2 Å². The van der Waals surface area contributed by atoms with Crippen molar-refractivity contribution in [1.82, 2.24) is 4.72 Å². The largest absolute Gasteiger partial charge is 0.492 e. The fourth-order valence-corrected chi connectivity index (χ4v) is 4.64. The molecule has 3 rings (SSSR count). The van der Waals surface area contributed by atoms with E-state index in [2.05, 4.69) is 10.0 Å². The number of sulfonamides is 1. The maximum atomic E-state index is 12.7. The van der Waals surface area contributed by atoms with Crippen LogP contribution in [0.3, 0.4) is 0 Å². The van der Waals surface area contributed by atoms with Crippen LogP contribution in [0.2, 0.25) is 5.02 Å². The second-order valence-corrected chi connectivity index (χ2v) is 9.96. The lowest BCUT2D eigenvalue weighted by Gasteiger charge is -2.25. The number of rotatable bonds is 4. The van der Waals surface area contributed by atoms with Crippen LogP contribution in [0.4, 0.5) is 5.69 Å². The number of nitrogens with one attached hydrogen (secondary N) is 2. The van der Waals surface area contributed by atoms with Crippen LogP contribution in [0.5, 0.6) is 5.75 Å². The van der Waals surface area contributed by atoms with Gasteiger partial charge in [0.15, 0.2) is 0 Å². The van der Waals surface area contributed by atoms with E-state index in [1.165, 1.54) is 12.1 Å². The molecule has 0 aromatic heterocycles. The van der Waals surface area contributed by atoms with Gasteiger partial charge in [-0.2, -0.15) is 0 Å². The summed E-state index contributed by atoms with van der Waals surface area (Å²) in [6.45, 7) is 5.56. The van der Waals surface area contributed by atoms with Crippen molar-refractivity contribution >= 4 is 33.2 Å². The van der Waals surface area contributed by atoms with E-state index < -0.39 is 15.6 Å². The van der Waals surface area contributed by atoms with E-state index in [-0.39, 0.29) is 23.3 Å². The van der Waals surface area contributed by atoms with E-state index in [1.807, 2.05) is 0 Å². The van der Waals surface area contributed by atoms with Gasteiger partial charge in [0.2, 0.25) is 15.9 Å². The van der Waals surface area contributed by atoms with Crippen molar-refractivity contribution in [1.29, 1.82) is 0 Å². The first-order valence-electron chi connectivity index (χ1n) is 8.90. The quantitative estimate of drug-likeness (QED) is 0.788. The third-order valence-electron chi connectivity index (χ3n) is 4.15. The van der Waals surface area contributed by atoms with Gasteiger partial charge in [-0.15, -0.1) is 0 Å². The Morgan fingerprint density at radius 3 is 2.64 bits per heavy atom. The average molecular weight is 423 g/mol. The number of carbonyl (C=O) groups excluding carboxylic acids is 1. The zero-order valence-electron chi connectivity index (χ0n) is 16.0. The van der Waals surface area contributed by atoms with Crippen molar-refractivity contribution in [3.8, 4) is 5.75 Å². The molecule has 1 heterocycles. The highest BCUT2D eigenvalue weighted by molar-refractivity contribution is 7.89. The molecule has 1 atom stereocenters. The summed E-state index contributed by atoms with van der Waals surface area (Å²) in [5.41, 5.74) is 0.690. The van der Waals surface area contributed by atoms with Gasteiger partial charge in [-0.25, -0.2) is 13.1 Å². The molecule has 1 amide bonds. The zero-order valence-corrected chi connectivity index (χ0v) is 17.5. The average Bonchev–Trinajstić information content (AvgIpc) is 2.59. The summed E-state index contributed by atoms with van der Waals surface area (Å²) in [5.74, 6) is 0.109. The van der Waals surface area contributed by atoms with Crippen LogP contribution in [0.25, 0.3) is 0 Å². The summed E-state index contributed by atoms with van der Waals surface area (Å²) >= 11 is 6.02. The Morgan fingerprint density at radius 1 is 1.18 bits per heavy atom. The SMILES string of the molecule is CC(C)(C)NS(=O)(=O)c1cccc(NC(=O)C2COc3ccc(Cl)cc3C2)c1. The van der Waals surface area contributed by atoms with Gasteiger partial charge in [-0.05, 0) is 69.2 Å². The van der Waals surface area contributed by atoms with Crippen LogP contribution < -0.4 is 14.8 Å². The molecule has 2 aromatic rings. The van der Waals surface area contributed by atoms with Gasteiger partial charge in [0.25, 0.3) is 0 Å². The molecule has 2 aromatic carbocycles. The fourth-order valence-electron chi connectivity index (χ4n) is 2.98. The molecule has 2 N–H and O–H groups in total. The third-order valence-corrected chi connectivity index (χ3v) is 6.14. The molecule has 0 spiro atoms. The van der Waals surface area contributed by atoms with Gasteiger partial charge in [-0.3, -0.25) is 4.79 Å². The van der Waals surface area contributed by atoms with Crippen LogP contribution in [-0.2, 0) is 21.2 Å². The highest BCUT2D eigenvalue weighted by Gasteiger charge is 2.27. The van der Waals surface area contributed by atoms with Gasteiger partial charge < -0.3 is 10.1 Å². The zero-order chi connectivity index (χ0) is 20.5. The molecule has 150 valence electrons. The van der Waals surface area contributed by atoms with Crippen molar-refractivity contribution in [3.63, 3.8) is 0 Å². The van der Waals surface area contributed by atoms with Gasteiger partial charge in [-0.1, -0.05) is 17.7 Å². The number of carbonyl (C=O) groups is 1. The Morgan fingerprint density at radius 2 is 1.93 bits per heavy atom. The first kappa shape index (κ1) is 20.6. The molecule has 28 heavy (non-hydrogen) atoms. The number of anilines is 1. The molecule has 0 aliphatic carbocycles. The predicted molar refractivity (Wildman–Crippen MR) is 109 cm³/mol. The molecule has 0 saturated carbocycles. The topological polar surface area (TPSA) is 84.5 Å². The molecule has 0 bridgehead atoms. The number of hydrogen-bond acceptors (Lipinski definition) is 4. The van der Waals surface area contributed by atoms with E-state index in [1.54, 1.807) is 51.1 Å². The molecule has 0 fully saturated rings. The summed E-state index contributed by atoms with van der Waals surface area (Å²) in [6.07, 6.45) is 0.505. The van der Waals surface area contributed by atoms with Crippen LogP contribution >= 0.6 is 11.6 Å². The number of benzene rings is 2. The molecule has 0 saturated heterocycles. The summed E-state index contributed by atoms with van der Waals surface area (Å²) in [7, 11) is -3.69. The Labute approximate surface area is 170 Å². The van der Waals surface area contributed by atoms with Crippen molar-refractivity contribution < 1.29 is 17.9 Å². The van der Waals surface area contributed by atoms with Crippen molar-refractivity contribution in [3.05, 3.63) is 53.1 Å². The Hall–Kier alpha value is -2.09. The molecule has 6 nitrogen and oxygen atoms in total. The molecule has 8 heteroatoms. The molecule has 1 aliphatic rings. The number of fused-ring (bicyclic) bond motifs is 1. The molecular formula is C20H23ClN2O4S. The fraction of sp³-hybridized carbons (Fsp3) is 0.350. The van der Waals surface area contributed by atoms with Crippen LogP contribution in [-0.4, -0.2) is 26.5 Å². The lowest BCUT2D eigenvalue weighted by molar-refractivity contribution is -0.121. The smallest absolute Gasteiger partial charge is 0.241 e. The minimum absolute atomic E-state index is 0.0947. The molecule has 1 aliphatic heterocycles. The summed E-state index contributed by atoms with van der Waals surface area (Å²) in [4.78, 5) is 12.8. The lowest BCUT2D eigenvalue weighted by Crippen LogP contribution is -2.40. The minimum Gasteiger partial charge on any atom is -0.492 e. The standard InChI is InChI=1S/C20H23ClN2O4S/c1-20(2,3)23-28(25,26)17-6-4-5-16(11-17)22-19(24)14-9-13-10-15(21)7-8-18(13)27-12-14/h4-8,10-11,14,23H,9,12H2,1-3H3,(H,22,24). The van der Waals surface area contributed by atoms with Crippen LogP contribution in [0.15, 0.2) is 47.4 Å². The first-order chi connectivity index (χ1) is 13.0. The first-order valence-corrected chi connectivity index (χ1v) is 10.8. The van der Waals surface area contributed by atoms with E-state index in [9.17, 15) is 13.2 Å². The minimum atomic E-state index is -3.69. The maximum absolute atomic E-state index is 12.7. The lowest BCUT2D eigenvalue weighted by atomic mass is 9.96. The normalized spacial score (nSPS) is 16.8. The van der Waals surface area contributed by atoms with E-state index in [0.29, 0.717) is 17.1 Å². The van der Waals surface area contributed by atoms with Gasteiger partial charge in [0.1, 0.15) is 12.4 Å². The number of ether oxygens (including phenoxy) is 1. The highest BCUT2D eigenvalue weighted by Crippen LogP contribution is 2.30. The second-order valence-electron chi connectivity index (χ2n) is 7.84. The predicted octanol–water partition coefficient (Wildman–Crippen LogP) is 3.61. The molecule has 0 radical (unpaired) electrons. The Kier molecular flexibility index (Phi) is 5.70. The number of hydrogen-bond donors (Lipinski definition) is 2. The van der Waals surface area contributed by atoms with E-state index >= 15 is 0 Å². The number of amides is 1. The summed E-state index contributed by atoms with van der Waals surface area (Å²) in [6, 6.07) is 11.5. The van der Waals surface area contributed by atoms with Gasteiger partial charge in [0.05, 0.1) is 10.8 Å². The second kappa shape index (κ2) is 7.73. The van der Waals surface area contributed by atoms with E-state index in [4.69, 9.17) is 16.3 Å². The highest BCUT2D eigenvalue weighted by atomic mass is 35.5. The van der Waals surface area contributed by atoms with E-state index in [0.717, 1.165) is 11.3 Å². The van der Waals surface area contributed by atoms with Crippen molar-refractivity contribution in [2.24, 2.45) is 5.92 Å².